The number of aromatic nitrogens is 2. The van der Waals surface area contributed by atoms with Gasteiger partial charge in [0.2, 0.25) is 5.13 Å². The van der Waals surface area contributed by atoms with E-state index in [0.717, 1.165) is 16.1 Å². The van der Waals surface area contributed by atoms with E-state index in [1.807, 2.05) is 6.92 Å². The second-order valence-electron chi connectivity index (χ2n) is 4.52. The minimum absolute atomic E-state index is 0.597. The molecule has 1 unspecified atom stereocenters. The molecule has 3 aliphatic heterocycles. The number of nitrogens with one attached hydrogen (secondary N) is 1. The number of aryl methyl sites for hydroxylation is 1. The highest BCUT2D eigenvalue weighted by Crippen LogP contribution is 2.30. The second kappa shape index (κ2) is 3.72. The first kappa shape index (κ1) is 9.54. The van der Waals surface area contributed by atoms with Gasteiger partial charge >= 0.3 is 0 Å². The van der Waals surface area contributed by atoms with E-state index in [2.05, 4.69) is 20.4 Å². The molecule has 1 aromatic rings. The van der Waals surface area contributed by atoms with Crippen molar-refractivity contribution in [3.05, 3.63) is 5.01 Å². The Balaban J connectivity index is 1.68. The Morgan fingerprint density at radius 1 is 1.33 bits per heavy atom. The zero-order chi connectivity index (χ0) is 10.3. The fourth-order valence-corrected chi connectivity index (χ4v) is 3.30. The molecule has 4 heterocycles. The quantitative estimate of drug-likeness (QED) is 0.823. The Morgan fingerprint density at radius 2 is 2.13 bits per heavy atom. The summed E-state index contributed by atoms with van der Waals surface area (Å²) in [5.41, 5.74) is 0. The molecule has 0 aromatic carbocycles. The van der Waals surface area contributed by atoms with Crippen molar-refractivity contribution < 1.29 is 0 Å². The van der Waals surface area contributed by atoms with Crippen LogP contribution in [0.25, 0.3) is 0 Å². The van der Waals surface area contributed by atoms with E-state index in [4.69, 9.17) is 0 Å². The molecule has 1 atom stereocenters. The second-order valence-corrected chi connectivity index (χ2v) is 5.70. The molecule has 0 spiro atoms. The standard InChI is InChI=1S/C10H16N4S/c1-7-12-13-10(15-7)11-9-6-14-4-2-8(9)3-5-14/h8-9H,2-6H2,1H3,(H,11,13). The van der Waals surface area contributed by atoms with Gasteiger partial charge in [-0.25, -0.2) is 0 Å². The van der Waals surface area contributed by atoms with Crippen molar-refractivity contribution in [2.75, 3.05) is 25.0 Å². The lowest BCUT2D eigenvalue weighted by Crippen LogP contribution is -2.53. The van der Waals surface area contributed by atoms with Gasteiger partial charge in [0.25, 0.3) is 0 Å². The molecule has 3 fully saturated rings. The number of rotatable bonds is 2. The Hall–Kier alpha value is -0.680. The van der Waals surface area contributed by atoms with Crippen molar-refractivity contribution in [1.82, 2.24) is 15.1 Å². The molecule has 82 valence electrons. The zero-order valence-corrected chi connectivity index (χ0v) is 9.76. The Morgan fingerprint density at radius 3 is 2.67 bits per heavy atom. The number of hydrogen-bond donors (Lipinski definition) is 1. The average Bonchev–Trinajstić information content (AvgIpc) is 2.66. The van der Waals surface area contributed by atoms with Crippen LogP contribution in [0.3, 0.4) is 0 Å². The van der Waals surface area contributed by atoms with Crippen LogP contribution >= 0.6 is 11.3 Å². The lowest BCUT2D eigenvalue weighted by Gasteiger charge is -2.44. The number of nitrogens with zero attached hydrogens (tertiary/aromatic N) is 3. The van der Waals surface area contributed by atoms with Crippen LogP contribution in [0.1, 0.15) is 17.8 Å². The van der Waals surface area contributed by atoms with Crippen LogP contribution in [0.2, 0.25) is 0 Å². The molecule has 1 N–H and O–H groups in total. The monoisotopic (exact) mass is 224 g/mol. The molecule has 2 bridgehead atoms. The van der Waals surface area contributed by atoms with E-state index in [1.54, 1.807) is 11.3 Å². The first-order chi connectivity index (χ1) is 7.31. The summed E-state index contributed by atoms with van der Waals surface area (Å²) in [5.74, 6) is 0.846. The van der Waals surface area contributed by atoms with Gasteiger partial charge in [0.15, 0.2) is 0 Å². The first-order valence-corrected chi connectivity index (χ1v) is 6.42. The van der Waals surface area contributed by atoms with Crippen molar-refractivity contribution in [3.8, 4) is 0 Å². The molecule has 4 nitrogen and oxygen atoms in total. The van der Waals surface area contributed by atoms with E-state index in [1.165, 1.54) is 32.5 Å². The highest BCUT2D eigenvalue weighted by molar-refractivity contribution is 7.15. The summed E-state index contributed by atoms with van der Waals surface area (Å²) < 4.78 is 0. The summed E-state index contributed by atoms with van der Waals surface area (Å²) in [4.78, 5) is 2.55. The van der Waals surface area contributed by atoms with Crippen molar-refractivity contribution in [2.24, 2.45) is 5.92 Å². The predicted octanol–water partition coefficient (Wildman–Crippen LogP) is 1.35. The third-order valence-electron chi connectivity index (χ3n) is 3.49. The maximum Gasteiger partial charge on any atom is 0.205 e. The molecule has 1 aromatic heterocycles. The molecule has 4 rings (SSSR count). The molecule has 0 amide bonds. The van der Waals surface area contributed by atoms with Gasteiger partial charge in [-0.1, -0.05) is 11.3 Å². The Labute approximate surface area is 93.7 Å². The number of piperidine rings is 3. The molecule has 5 heteroatoms. The smallest absolute Gasteiger partial charge is 0.205 e. The lowest BCUT2D eigenvalue weighted by atomic mass is 9.84. The molecule has 0 saturated carbocycles. The minimum Gasteiger partial charge on any atom is -0.356 e. The van der Waals surface area contributed by atoms with Crippen LogP contribution in [0.4, 0.5) is 5.13 Å². The van der Waals surface area contributed by atoms with Crippen molar-refractivity contribution in [3.63, 3.8) is 0 Å². The summed E-state index contributed by atoms with van der Waals surface area (Å²) in [7, 11) is 0. The third kappa shape index (κ3) is 1.86. The molecular formula is C10H16N4S. The van der Waals surface area contributed by atoms with Gasteiger partial charge in [-0.05, 0) is 38.8 Å². The molecule has 3 saturated heterocycles. The molecule has 3 aliphatic rings. The van der Waals surface area contributed by atoms with E-state index in [0.29, 0.717) is 6.04 Å². The van der Waals surface area contributed by atoms with Gasteiger partial charge in [0.1, 0.15) is 5.01 Å². The number of hydrogen-bond acceptors (Lipinski definition) is 5. The van der Waals surface area contributed by atoms with Gasteiger partial charge in [0.05, 0.1) is 0 Å². The molecule has 0 radical (unpaired) electrons. The molecule has 0 aliphatic carbocycles. The van der Waals surface area contributed by atoms with Gasteiger partial charge in [-0.15, -0.1) is 10.2 Å². The summed E-state index contributed by atoms with van der Waals surface area (Å²) in [5, 5.41) is 13.7. The Kier molecular flexibility index (Phi) is 2.36. The van der Waals surface area contributed by atoms with Gasteiger partial charge in [-0.3, -0.25) is 0 Å². The maximum atomic E-state index is 4.13. The normalized spacial score (nSPS) is 34.3. The highest BCUT2D eigenvalue weighted by atomic mass is 32.1. The van der Waals surface area contributed by atoms with Crippen LogP contribution in [0.5, 0.6) is 0 Å². The van der Waals surface area contributed by atoms with Crippen LogP contribution in [0, 0.1) is 12.8 Å². The maximum absolute atomic E-state index is 4.13. The fraction of sp³-hybridized carbons (Fsp3) is 0.800. The number of anilines is 1. The van der Waals surface area contributed by atoms with Crippen molar-refractivity contribution >= 4 is 16.5 Å². The molecule has 15 heavy (non-hydrogen) atoms. The summed E-state index contributed by atoms with van der Waals surface area (Å²) >= 11 is 1.66. The van der Waals surface area contributed by atoms with E-state index in [-0.39, 0.29) is 0 Å². The SMILES string of the molecule is Cc1nnc(NC2CN3CCC2CC3)s1. The largest absolute Gasteiger partial charge is 0.356 e. The predicted molar refractivity (Wildman–Crippen MR) is 61.2 cm³/mol. The minimum atomic E-state index is 0.597. The lowest BCUT2D eigenvalue weighted by molar-refractivity contribution is 0.0975. The van der Waals surface area contributed by atoms with E-state index >= 15 is 0 Å². The third-order valence-corrected chi connectivity index (χ3v) is 4.26. The fourth-order valence-electron chi connectivity index (χ4n) is 2.64. The summed E-state index contributed by atoms with van der Waals surface area (Å²) in [6.45, 7) is 5.76. The van der Waals surface area contributed by atoms with Crippen molar-refractivity contribution in [2.45, 2.75) is 25.8 Å². The van der Waals surface area contributed by atoms with Crippen molar-refractivity contribution in [1.29, 1.82) is 0 Å². The average molecular weight is 224 g/mol. The summed E-state index contributed by atoms with van der Waals surface area (Å²) in [6, 6.07) is 0.597. The van der Waals surface area contributed by atoms with Crippen LogP contribution in [-0.2, 0) is 0 Å². The highest BCUT2D eigenvalue weighted by Gasteiger charge is 2.34. The van der Waals surface area contributed by atoms with Gasteiger partial charge < -0.3 is 10.2 Å². The van der Waals surface area contributed by atoms with Gasteiger partial charge in [0, 0.05) is 12.6 Å². The van der Waals surface area contributed by atoms with E-state index < -0.39 is 0 Å². The van der Waals surface area contributed by atoms with Crippen LogP contribution < -0.4 is 5.32 Å². The topological polar surface area (TPSA) is 41.1 Å². The summed E-state index contributed by atoms with van der Waals surface area (Å²) in [6.07, 6.45) is 2.69. The van der Waals surface area contributed by atoms with Crippen LogP contribution in [0.15, 0.2) is 0 Å². The van der Waals surface area contributed by atoms with E-state index in [9.17, 15) is 0 Å². The first-order valence-electron chi connectivity index (χ1n) is 5.60. The number of fused-ring (bicyclic) bond motifs is 3. The zero-order valence-electron chi connectivity index (χ0n) is 8.94. The van der Waals surface area contributed by atoms with Crippen LogP contribution in [-0.4, -0.2) is 40.8 Å². The molecular weight excluding hydrogens is 208 g/mol. The van der Waals surface area contributed by atoms with Gasteiger partial charge in [-0.2, -0.15) is 0 Å². The Bertz CT molecular complexity index is 343.